The zero-order chi connectivity index (χ0) is 18.4. The van der Waals surface area contributed by atoms with Gasteiger partial charge in [-0.25, -0.2) is 8.42 Å². The largest absolute Gasteiger partial charge is 0.345 e. The highest BCUT2D eigenvalue weighted by molar-refractivity contribution is 7.91. The van der Waals surface area contributed by atoms with Crippen molar-refractivity contribution in [1.29, 1.82) is 0 Å². The average Bonchev–Trinajstić information content (AvgIpc) is 2.61. The quantitative estimate of drug-likeness (QED) is 0.815. The third-order valence-corrected chi connectivity index (χ3v) is 6.15. The summed E-state index contributed by atoms with van der Waals surface area (Å²) in [5.74, 6) is -0.340. The van der Waals surface area contributed by atoms with Crippen LogP contribution >= 0.6 is 0 Å². The van der Waals surface area contributed by atoms with Crippen LogP contribution in [0.2, 0.25) is 0 Å². The molecule has 1 amide bonds. The van der Waals surface area contributed by atoms with Crippen LogP contribution in [0, 0.1) is 0 Å². The van der Waals surface area contributed by atoms with Gasteiger partial charge in [0.15, 0.2) is 9.84 Å². The highest BCUT2D eigenvalue weighted by Gasteiger charge is 2.22. The van der Waals surface area contributed by atoms with Crippen LogP contribution in [-0.4, -0.2) is 20.1 Å². The van der Waals surface area contributed by atoms with E-state index in [9.17, 15) is 13.2 Å². The van der Waals surface area contributed by atoms with Crippen molar-refractivity contribution in [3.8, 4) is 0 Å². The first kappa shape index (κ1) is 19.2. The zero-order valence-corrected chi connectivity index (χ0v) is 15.8. The Morgan fingerprint density at radius 1 is 1.04 bits per heavy atom. The van der Waals surface area contributed by atoms with E-state index in [1.165, 1.54) is 11.6 Å². The van der Waals surface area contributed by atoms with Gasteiger partial charge in [-0.1, -0.05) is 50.2 Å². The van der Waals surface area contributed by atoms with Gasteiger partial charge in [-0.15, -0.1) is 0 Å². The SMILES string of the molecule is CCCS(=O)(=O)c1ccccc1C(=O)N[C@@H](C)c1ccc(CC)cc1. The molecule has 1 N–H and O–H groups in total. The number of amides is 1. The maximum Gasteiger partial charge on any atom is 0.253 e. The predicted molar refractivity (Wildman–Crippen MR) is 100 cm³/mol. The molecule has 4 nitrogen and oxygen atoms in total. The summed E-state index contributed by atoms with van der Waals surface area (Å²) in [6.45, 7) is 5.79. The van der Waals surface area contributed by atoms with Crippen molar-refractivity contribution in [1.82, 2.24) is 5.32 Å². The molecule has 0 unspecified atom stereocenters. The first-order valence-corrected chi connectivity index (χ1v) is 10.3. The number of rotatable bonds is 7. The Morgan fingerprint density at radius 2 is 1.68 bits per heavy atom. The van der Waals surface area contributed by atoms with Crippen molar-refractivity contribution >= 4 is 15.7 Å². The molecule has 2 aromatic carbocycles. The summed E-state index contributed by atoms with van der Waals surface area (Å²) in [4.78, 5) is 12.7. The van der Waals surface area contributed by atoms with E-state index in [1.54, 1.807) is 18.2 Å². The van der Waals surface area contributed by atoms with E-state index in [0.717, 1.165) is 12.0 Å². The second-order valence-corrected chi connectivity index (χ2v) is 8.18. The summed E-state index contributed by atoms with van der Waals surface area (Å²) in [5, 5.41) is 2.90. The predicted octanol–water partition coefficient (Wildman–Crippen LogP) is 3.92. The summed E-state index contributed by atoms with van der Waals surface area (Å²) >= 11 is 0. The number of hydrogen-bond acceptors (Lipinski definition) is 3. The molecule has 0 heterocycles. The van der Waals surface area contributed by atoms with Crippen molar-refractivity contribution in [3.05, 3.63) is 65.2 Å². The minimum Gasteiger partial charge on any atom is -0.345 e. The first-order chi connectivity index (χ1) is 11.9. The van der Waals surface area contributed by atoms with Gasteiger partial charge in [0.2, 0.25) is 0 Å². The van der Waals surface area contributed by atoms with Crippen LogP contribution in [0.1, 0.15) is 54.7 Å². The Labute approximate surface area is 150 Å². The fraction of sp³-hybridized carbons (Fsp3) is 0.350. The smallest absolute Gasteiger partial charge is 0.253 e. The molecule has 0 saturated heterocycles. The molecule has 0 aromatic heterocycles. The molecule has 0 radical (unpaired) electrons. The van der Waals surface area contributed by atoms with Gasteiger partial charge >= 0.3 is 0 Å². The van der Waals surface area contributed by atoms with Gasteiger partial charge in [-0.3, -0.25) is 4.79 Å². The van der Waals surface area contributed by atoms with E-state index >= 15 is 0 Å². The number of aryl methyl sites for hydroxylation is 1. The van der Waals surface area contributed by atoms with Gasteiger partial charge in [0.1, 0.15) is 0 Å². The highest BCUT2D eigenvalue weighted by Crippen LogP contribution is 2.20. The second-order valence-electron chi connectivity index (χ2n) is 6.11. The molecular weight excluding hydrogens is 334 g/mol. The minimum absolute atomic E-state index is 0.0331. The molecule has 0 aliphatic heterocycles. The van der Waals surface area contributed by atoms with Gasteiger partial charge in [0.25, 0.3) is 5.91 Å². The summed E-state index contributed by atoms with van der Waals surface area (Å²) in [5.41, 5.74) is 2.42. The third kappa shape index (κ3) is 4.69. The van der Waals surface area contributed by atoms with E-state index in [1.807, 2.05) is 38.1 Å². The third-order valence-electron chi connectivity index (χ3n) is 4.18. The van der Waals surface area contributed by atoms with Gasteiger partial charge in [0.05, 0.1) is 22.3 Å². The van der Waals surface area contributed by atoms with Crippen LogP contribution in [0.25, 0.3) is 0 Å². The first-order valence-electron chi connectivity index (χ1n) is 8.60. The molecule has 1 atom stereocenters. The molecule has 2 rings (SSSR count). The summed E-state index contributed by atoms with van der Waals surface area (Å²) < 4.78 is 24.8. The molecule has 2 aromatic rings. The highest BCUT2D eigenvalue weighted by atomic mass is 32.2. The van der Waals surface area contributed by atoms with Crippen molar-refractivity contribution in [2.24, 2.45) is 0 Å². The fourth-order valence-electron chi connectivity index (χ4n) is 2.70. The number of carbonyl (C=O) groups excluding carboxylic acids is 1. The number of hydrogen-bond donors (Lipinski definition) is 1. The second kappa shape index (κ2) is 8.30. The summed E-state index contributed by atoms with van der Waals surface area (Å²) in [7, 11) is -3.46. The maximum absolute atomic E-state index is 12.6. The molecule has 0 bridgehead atoms. The Balaban J connectivity index is 2.23. The monoisotopic (exact) mass is 359 g/mol. The molecular formula is C20H25NO3S. The van der Waals surface area contributed by atoms with Crippen LogP contribution in [0.5, 0.6) is 0 Å². The number of benzene rings is 2. The molecule has 0 fully saturated rings. The minimum atomic E-state index is -3.46. The van der Waals surface area contributed by atoms with E-state index < -0.39 is 9.84 Å². The standard InChI is InChI=1S/C20H25NO3S/c1-4-14-25(23,24)19-9-7-6-8-18(19)20(22)21-15(3)17-12-10-16(5-2)11-13-17/h6-13,15H,4-5,14H2,1-3H3,(H,21,22)/t15-/m0/s1. The number of sulfone groups is 1. The lowest BCUT2D eigenvalue weighted by molar-refractivity contribution is 0.0936. The van der Waals surface area contributed by atoms with Crippen LogP contribution in [0.15, 0.2) is 53.4 Å². The lowest BCUT2D eigenvalue weighted by Crippen LogP contribution is -2.28. The molecule has 0 spiro atoms. The van der Waals surface area contributed by atoms with Crippen molar-refractivity contribution in [3.63, 3.8) is 0 Å². The number of nitrogens with one attached hydrogen (secondary N) is 1. The van der Waals surface area contributed by atoms with Crippen molar-refractivity contribution in [2.75, 3.05) is 5.75 Å². The van der Waals surface area contributed by atoms with E-state index in [0.29, 0.717) is 6.42 Å². The average molecular weight is 359 g/mol. The van der Waals surface area contributed by atoms with Gasteiger partial charge in [-0.05, 0) is 43.0 Å². The Hall–Kier alpha value is -2.14. The molecule has 0 aliphatic carbocycles. The van der Waals surface area contributed by atoms with Gasteiger partial charge in [-0.2, -0.15) is 0 Å². The summed E-state index contributed by atoms with van der Waals surface area (Å²) in [6, 6.07) is 14.2. The zero-order valence-electron chi connectivity index (χ0n) is 15.0. The van der Waals surface area contributed by atoms with Gasteiger partial charge < -0.3 is 5.32 Å². The van der Waals surface area contributed by atoms with E-state index in [-0.39, 0.29) is 28.2 Å². The summed E-state index contributed by atoms with van der Waals surface area (Å²) in [6.07, 6.45) is 1.47. The lowest BCUT2D eigenvalue weighted by atomic mass is 10.0. The molecule has 0 saturated carbocycles. The van der Waals surface area contributed by atoms with Crippen LogP contribution in [-0.2, 0) is 16.3 Å². The Bertz CT molecular complexity index is 826. The topological polar surface area (TPSA) is 63.2 Å². The van der Waals surface area contributed by atoms with Crippen LogP contribution in [0.3, 0.4) is 0 Å². The van der Waals surface area contributed by atoms with Crippen LogP contribution in [0.4, 0.5) is 0 Å². The Morgan fingerprint density at radius 3 is 2.28 bits per heavy atom. The molecule has 25 heavy (non-hydrogen) atoms. The number of carbonyl (C=O) groups is 1. The normalized spacial score (nSPS) is 12.6. The molecule has 134 valence electrons. The van der Waals surface area contributed by atoms with Crippen LogP contribution < -0.4 is 5.32 Å². The molecule has 5 heteroatoms. The maximum atomic E-state index is 12.6. The van der Waals surface area contributed by atoms with E-state index in [2.05, 4.69) is 12.2 Å². The van der Waals surface area contributed by atoms with E-state index in [4.69, 9.17) is 0 Å². The molecule has 0 aliphatic rings. The van der Waals surface area contributed by atoms with Gasteiger partial charge in [0, 0.05) is 0 Å². The Kier molecular flexibility index (Phi) is 6.37. The van der Waals surface area contributed by atoms with Crippen molar-refractivity contribution < 1.29 is 13.2 Å². The fourth-order valence-corrected chi connectivity index (χ4v) is 4.24. The van der Waals surface area contributed by atoms with Crippen molar-refractivity contribution in [2.45, 2.75) is 44.6 Å². The lowest BCUT2D eigenvalue weighted by Gasteiger charge is -2.16.